The van der Waals surface area contributed by atoms with E-state index in [1.165, 1.54) is 19.3 Å². The number of aromatic nitrogens is 1. The second kappa shape index (κ2) is 6.54. The number of amides is 1. The number of likely N-dealkylation sites (N-methyl/N-ethyl adjacent to an activating group) is 1. The van der Waals surface area contributed by atoms with E-state index in [1.807, 2.05) is 24.0 Å². The number of rotatable bonds is 4. The first-order valence-electron chi connectivity index (χ1n) is 7.98. The van der Waals surface area contributed by atoms with Gasteiger partial charge < -0.3 is 4.90 Å². The van der Waals surface area contributed by atoms with Crippen LogP contribution < -0.4 is 10.9 Å². The quantitative estimate of drug-likeness (QED) is 0.881. The Morgan fingerprint density at radius 3 is 2.81 bits per heavy atom. The Bertz CT molecular complexity index is 478. The molecule has 3 rings (SSSR count). The summed E-state index contributed by atoms with van der Waals surface area (Å²) in [7, 11) is 0. The third kappa shape index (κ3) is 3.09. The summed E-state index contributed by atoms with van der Waals surface area (Å²) in [6.45, 7) is 3.43. The van der Waals surface area contributed by atoms with Crippen LogP contribution in [-0.2, 0) is 11.3 Å². The molecule has 21 heavy (non-hydrogen) atoms. The minimum Gasteiger partial charge on any atom is -0.337 e. The van der Waals surface area contributed by atoms with Crippen LogP contribution in [0.1, 0.15) is 38.2 Å². The number of nitrogens with zero attached hydrogens (tertiary/aromatic N) is 2. The van der Waals surface area contributed by atoms with Gasteiger partial charge in [-0.05, 0) is 37.5 Å². The number of fused-ring (bicyclic) bond motifs is 1. The summed E-state index contributed by atoms with van der Waals surface area (Å²) in [5.74, 6) is 0.661. The molecule has 1 saturated heterocycles. The van der Waals surface area contributed by atoms with Crippen molar-refractivity contribution in [3.05, 3.63) is 30.1 Å². The normalized spacial score (nSPS) is 28.1. The summed E-state index contributed by atoms with van der Waals surface area (Å²) in [5.41, 5.74) is 7.70. The molecule has 1 aromatic rings. The largest absolute Gasteiger partial charge is 0.337 e. The van der Waals surface area contributed by atoms with Crippen LogP contribution in [0.15, 0.2) is 24.5 Å². The number of nitrogens with one attached hydrogen (secondary N) is 2. The van der Waals surface area contributed by atoms with Gasteiger partial charge in [-0.2, -0.15) is 0 Å². The average Bonchev–Trinajstić information content (AvgIpc) is 2.97. The number of carbonyl (C=O) groups is 1. The van der Waals surface area contributed by atoms with Crippen molar-refractivity contribution >= 4 is 5.91 Å². The fourth-order valence-corrected chi connectivity index (χ4v) is 3.54. The Morgan fingerprint density at radius 1 is 1.29 bits per heavy atom. The second-order valence-electron chi connectivity index (χ2n) is 6.03. The zero-order valence-electron chi connectivity index (χ0n) is 12.6. The van der Waals surface area contributed by atoms with E-state index in [-0.39, 0.29) is 11.9 Å². The standard InChI is InChI=1S/C16H24N4O/c1-2-20(11-12-7-9-17-10-8-12)16(21)15-13-5-3-4-6-14(13)18-19-15/h7-10,13-15,18-19H,2-6,11H2,1H3. The third-order valence-electron chi connectivity index (χ3n) is 4.75. The summed E-state index contributed by atoms with van der Waals surface area (Å²) in [6, 6.07) is 4.34. The van der Waals surface area contributed by atoms with Crippen molar-refractivity contribution in [2.75, 3.05) is 6.54 Å². The molecule has 3 atom stereocenters. The van der Waals surface area contributed by atoms with Gasteiger partial charge in [0.05, 0.1) is 0 Å². The van der Waals surface area contributed by atoms with Crippen LogP contribution in [0.25, 0.3) is 0 Å². The highest BCUT2D eigenvalue weighted by Gasteiger charge is 2.42. The Labute approximate surface area is 126 Å². The highest BCUT2D eigenvalue weighted by molar-refractivity contribution is 5.82. The lowest BCUT2D eigenvalue weighted by Gasteiger charge is -2.30. The van der Waals surface area contributed by atoms with Crippen molar-refractivity contribution in [3.63, 3.8) is 0 Å². The number of hydrazine groups is 1. The average molecular weight is 288 g/mol. The molecule has 1 aliphatic carbocycles. The Balaban J connectivity index is 1.67. The first-order chi connectivity index (χ1) is 10.3. The van der Waals surface area contributed by atoms with Gasteiger partial charge in [0.15, 0.2) is 0 Å². The van der Waals surface area contributed by atoms with Crippen LogP contribution in [0.2, 0.25) is 0 Å². The first kappa shape index (κ1) is 14.5. The number of hydrogen-bond donors (Lipinski definition) is 2. The molecule has 0 bridgehead atoms. The van der Waals surface area contributed by atoms with Gasteiger partial charge >= 0.3 is 0 Å². The zero-order valence-corrected chi connectivity index (χ0v) is 12.6. The molecule has 2 N–H and O–H groups in total. The molecule has 2 fully saturated rings. The third-order valence-corrected chi connectivity index (χ3v) is 4.75. The lowest BCUT2D eigenvalue weighted by Crippen LogP contribution is -2.47. The van der Waals surface area contributed by atoms with Crippen molar-refractivity contribution in [2.45, 2.75) is 51.2 Å². The maximum atomic E-state index is 12.8. The highest BCUT2D eigenvalue weighted by Crippen LogP contribution is 2.31. The Morgan fingerprint density at radius 2 is 2.05 bits per heavy atom. The Hall–Kier alpha value is -1.46. The molecule has 5 heteroatoms. The Kier molecular flexibility index (Phi) is 4.51. The fraction of sp³-hybridized carbons (Fsp3) is 0.625. The van der Waals surface area contributed by atoms with Crippen LogP contribution in [0.3, 0.4) is 0 Å². The molecule has 3 unspecified atom stereocenters. The predicted molar refractivity (Wildman–Crippen MR) is 81.1 cm³/mol. The monoisotopic (exact) mass is 288 g/mol. The summed E-state index contributed by atoms with van der Waals surface area (Å²) >= 11 is 0. The van der Waals surface area contributed by atoms with Gasteiger partial charge in [0.25, 0.3) is 0 Å². The molecule has 0 aromatic carbocycles. The van der Waals surface area contributed by atoms with Gasteiger partial charge in [-0.3, -0.25) is 15.2 Å². The van der Waals surface area contributed by atoms with Crippen LogP contribution >= 0.6 is 0 Å². The number of pyridine rings is 1. The zero-order chi connectivity index (χ0) is 14.7. The van der Waals surface area contributed by atoms with E-state index in [9.17, 15) is 4.79 Å². The maximum Gasteiger partial charge on any atom is 0.241 e. The highest BCUT2D eigenvalue weighted by atomic mass is 16.2. The molecule has 114 valence electrons. The molecule has 1 amide bonds. The summed E-state index contributed by atoms with van der Waals surface area (Å²) in [6.07, 6.45) is 8.39. The van der Waals surface area contributed by atoms with E-state index in [4.69, 9.17) is 0 Å². The van der Waals surface area contributed by atoms with Gasteiger partial charge in [-0.1, -0.05) is 12.8 Å². The van der Waals surface area contributed by atoms with Gasteiger partial charge in [0.1, 0.15) is 6.04 Å². The van der Waals surface area contributed by atoms with Crippen molar-refractivity contribution in [1.29, 1.82) is 0 Å². The molecule has 2 heterocycles. The minimum absolute atomic E-state index is 0.0721. The van der Waals surface area contributed by atoms with Gasteiger partial charge in [-0.15, -0.1) is 0 Å². The van der Waals surface area contributed by atoms with Gasteiger partial charge in [-0.25, -0.2) is 5.43 Å². The second-order valence-corrected chi connectivity index (χ2v) is 6.03. The van der Waals surface area contributed by atoms with Crippen molar-refractivity contribution in [2.24, 2.45) is 5.92 Å². The van der Waals surface area contributed by atoms with E-state index in [1.54, 1.807) is 12.4 Å². The topological polar surface area (TPSA) is 57.3 Å². The lowest BCUT2D eigenvalue weighted by molar-refractivity contribution is -0.134. The van der Waals surface area contributed by atoms with Crippen LogP contribution in [-0.4, -0.2) is 34.4 Å². The van der Waals surface area contributed by atoms with E-state index in [0.717, 1.165) is 18.5 Å². The summed E-state index contributed by atoms with van der Waals surface area (Å²) in [5, 5.41) is 0. The van der Waals surface area contributed by atoms with Crippen molar-refractivity contribution in [3.8, 4) is 0 Å². The molecule has 0 radical (unpaired) electrons. The van der Waals surface area contributed by atoms with Gasteiger partial charge in [0, 0.05) is 37.4 Å². The van der Waals surface area contributed by atoms with E-state index in [2.05, 4.69) is 15.8 Å². The van der Waals surface area contributed by atoms with E-state index < -0.39 is 0 Å². The maximum absolute atomic E-state index is 12.8. The van der Waals surface area contributed by atoms with Gasteiger partial charge in [0.2, 0.25) is 5.91 Å². The fourth-order valence-electron chi connectivity index (χ4n) is 3.54. The van der Waals surface area contributed by atoms with Crippen LogP contribution in [0, 0.1) is 5.92 Å². The lowest BCUT2D eigenvalue weighted by atomic mass is 9.81. The summed E-state index contributed by atoms with van der Waals surface area (Å²) < 4.78 is 0. The van der Waals surface area contributed by atoms with Crippen molar-refractivity contribution < 1.29 is 4.79 Å². The van der Waals surface area contributed by atoms with Crippen molar-refractivity contribution in [1.82, 2.24) is 20.7 Å². The number of carbonyl (C=O) groups excluding carboxylic acids is 1. The SMILES string of the molecule is CCN(Cc1ccncc1)C(=O)C1NNC2CCCCC21. The first-order valence-corrected chi connectivity index (χ1v) is 7.98. The van der Waals surface area contributed by atoms with E-state index >= 15 is 0 Å². The molecule has 1 aromatic heterocycles. The summed E-state index contributed by atoms with van der Waals surface area (Å²) in [4.78, 5) is 18.8. The molecular formula is C16H24N4O. The molecule has 1 aliphatic heterocycles. The number of hydrogen-bond acceptors (Lipinski definition) is 4. The molecule has 5 nitrogen and oxygen atoms in total. The predicted octanol–water partition coefficient (Wildman–Crippen LogP) is 1.47. The van der Waals surface area contributed by atoms with Crippen LogP contribution in [0.4, 0.5) is 0 Å². The molecular weight excluding hydrogens is 264 g/mol. The smallest absolute Gasteiger partial charge is 0.241 e. The molecule has 0 spiro atoms. The molecule has 1 saturated carbocycles. The van der Waals surface area contributed by atoms with E-state index in [0.29, 0.717) is 18.5 Å². The minimum atomic E-state index is -0.0721. The molecule has 2 aliphatic rings. The van der Waals surface area contributed by atoms with Crippen LogP contribution in [0.5, 0.6) is 0 Å².